The van der Waals surface area contributed by atoms with Crippen LogP contribution in [0, 0.1) is 0 Å². The smallest absolute Gasteiger partial charge is 0.399 e. The van der Waals surface area contributed by atoms with Crippen molar-refractivity contribution in [1.82, 2.24) is 4.90 Å². The van der Waals surface area contributed by atoms with E-state index in [1.165, 1.54) is 0 Å². The molecule has 2 nitrogen and oxygen atoms in total. The molecule has 0 spiro atoms. The van der Waals surface area contributed by atoms with Gasteiger partial charge in [-0.2, -0.15) is 13.2 Å². The fourth-order valence-corrected chi connectivity index (χ4v) is 2.34. The molecule has 0 aliphatic carbocycles. The number of benzene rings is 1. The third-order valence-electron chi connectivity index (χ3n) is 2.60. The van der Waals surface area contributed by atoms with Crippen LogP contribution in [0.1, 0.15) is 18.9 Å². The quantitative estimate of drug-likeness (QED) is 0.776. The van der Waals surface area contributed by atoms with Crippen molar-refractivity contribution in [2.75, 3.05) is 24.6 Å². The number of nitrogens with two attached hydrogens (primary N) is 1. The molecule has 1 aromatic rings. The van der Waals surface area contributed by atoms with Crippen LogP contribution >= 0.6 is 11.8 Å². The maximum absolute atomic E-state index is 12.1. The lowest BCUT2D eigenvalue weighted by Gasteiger charge is -2.21. The Morgan fingerprint density at radius 2 is 1.79 bits per heavy atom. The molecule has 0 atom stereocenters. The molecule has 0 aliphatic heterocycles. The van der Waals surface area contributed by atoms with Crippen molar-refractivity contribution in [2.45, 2.75) is 25.4 Å². The molecule has 0 saturated carbocycles. The highest BCUT2D eigenvalue weighted by Gasteiger charge is 2.27. The van der Waals surface area contributed by atoms with Crippen LogP contribution in [0.15, 0.2) is 24.3 Å². The molecule has 19 heavy (non-hydrogen) atoms. The number of thioether (sulfide) groups is 1. The highest BCUT2D eigenvalue weighted by Crippen LogP contribution is 2.29. The maximum Gasteiger partial charge on any atom is 0.441 e. The lowest BCUT2D eigenvalue weighted by atomic mass is 10.2. The molecule has 1 aromatic carbocycles. The van der Waals surface area contributed by atoms with Crippen molar-refractivity contribution in [3.8, 4) is 0 Å². The minimum absolute atomic E-state index is 0.0391. The molecular weight excluding hydrogens is 273 g/mol. The minimum atomic E-state index is -4.14. The van der Waals surface area contributed by atoms with Crippen LogP contribution in [0.5, 0.6) is 0 Å². The minimum Gasteiger partial charge on any atom is -0.399 e. The van der Waals surface area contributed by atoms with Gasteiger partial charge in [-0.1, -0.05) is 19.1 Å². The lowest BCUT2D eigenvalue weighted by molar-refractivity contribution is -0.0328. The molecule has 1 rings (SSSR count). The Morgan fingerprint density at radius 3 is 2.32 bits per heavy atom. The van der Waals surface area contributed by atoms with Gasteiger partial charge < -0.3 is 5.73 Å². The second-order valence-electron chi connectivity index (χ2n) is 4.31. The summed E-state index contributed by atoms with van der Waals surface area (Å²) in [4.78, 5) is 2.03. The molecule has 0 radical (unpaired) electrons. The number of nitrogen functional groups attached to an aromatic ring is 1. The predicted molar refractivity (Wildman–Crippen MR) is 74.9 cm³/mol. The van der Waals surface area contributed by atoms with E-state index in [1.54, 1.807) is 0 Å². The van der Waals surface area contributed by atoms with Gasteiger partial charge in [-0.25, -0.2) is 0 Å². The van der Waals surface area contributed by atoms with E-state index in [2.05, 4.69) is 0 Å². The van der Waals surface area contributed by atoms with Crippen molar-refractivity contribution < 1.29 is 13.2 Å². The summed E-state index contributed by atoms with van der Waals surface area (Å²) in [6.07, 6.45) is 0.922. The fraction of sp³-hybridized carbons (Fsp3) is 0.538. The summed E-state index contributed by atoms with van der Waals surface area (Å²) < 4.78 is 36.3. The van der Waals surface area contributed by atoms with E-state index < -0.39 is 5.51 Å². The predicted octanol–water partition coefficient (Wildman–Crippen LogP) is 3.73. The fourth-order valence-electron chi connectivity index (χ4n) is 1.76. The van der Waals surface area contributed by atoms with Gasteiger partial charge in [-0.3, -0.25) is 4.90 Å². The van der Waals surface area contributed by atoms with Crippen LogP contribution in [0.3, 0.4) is 0 Å². The first-order valence-electron chi connectivity index (χ1n) is 6.18. The number of nitrogens with zero attached hydrogens (tertiary/aromatic N) is 1. The van der Waals surface area contributed by atoms with Gasteiger partial charge in [0.15, 0.2) is 0 Å². The van der Waals surface area contributed by atoms with E-state index in [1.807, 2.05) is 36.1 Å². The average molecular weight is 292 g/mol. The molecule has 0 aliphatic rings. The highest BCUT2D eigenvalue weighted by atomic mass is 32.2. The van der Waals surface area contributed by atoms with E-state index in [0.717, 1.165) is 18.5 Å². The summed E-state index contributed by atoms with van der Waals surface area (Å²) in [5.74, 6) is 0.0679. The van der Waals surface area contributed by atoms with Crippen LogP contribution in [0.25, 0.3) is 0 Å². The van der Waals surface area contributed by atoms with Gasteiger partial charge in [0.2, 0.25) is 0 Å². The number of hydrogen-bond acceptors (Lipinski definition) is 3. The summed E-state index contributed by atoms with van der Waals surface area (Å²) in [6.45, 7) is 3.91. The Kier molecular flexibility index (Phi) is 6.51. The summed E-state index contributed by atoms with van der Waals surface area (Å²) in [5, 5.41) is 0. The first-order chi connectivity index (χ1) is 8.90. The molecule has 0 saturated heterocycles. The highest BCUT2D eigenvalue weighted by molar-refractivity contribution is 8.00. The first-order valence-corrected chi connectivity index (χ1v) is 7.16. The lowest BCUT2D eigenvalue weighted by Crippen LogP contribution is -2.27. The second kappa shape index (κ2) is 7.65. The SMILES string of the molecule is CCCN(CCSC(F)(F)F)Cc1ccc(N)cc1. The topological polar surface area (TPSA) is 29.3 Å². The second-order valence-corrected chi connectivity index (χ2v) is 5.47. The largest absolute Gasteiger partial charge is 0.441 e. The zero-order chi connectivity index (χ0) is 14.3. The van der Waals surface area contributed by atoms with E-state index in [4.69, 9.17) is 5.73 Å². The van der Waals surface area contributed by atoms with E-state index >= 15 is 0 Å². The molecule has 2 N–H and O–H groups in total. The Hall–Kier alpha value is -0.880. The molecule has 0 fully saturated rings. The summed E-state index contributed by atoms with van der Waals surface area (Å²) in [7, 11) is 0. The Morgan fingerprint density at radius 1 is 1.16 bits per heavy atom. The third kappa shape index (κ3) is 7.32. The molecule has 108 valence electrons. The number of rotatable bonds is 7. The van der Waals surface area contributed by atoms with Gasteiger partial charge in [-0.15, -0.1) is 0 Å². The Balaban J connectivity index is 2.45. The normalized spacial score (nSPS) is 12.1. The average Bonchev–Trinajstić information content (AvgIpc) is 2.30. The number of anilines is 1. The molecule has 0 heterocycles. The summed E-state index contributed by atoms with van der Waals surface area (Å²) in [5.41, 5.74) is 3.22. The summed E-state index contributed by atoms with van der Waals surface area (Å²) >= 11 is 0.0391. The van der Waals surface area contributed by atoms with Gasteiger partial charge >= 0.3 is 5.51 Å². The Labute approximate surface area is 116 Å². The van der Waals surface area contributed by atoms with Gasteiger partial charge in [-0.05, 0) is 42.4 Å². The van der Waals surface area contributed by atoms with Crippen LogP contribution in [-0.2, 0) is 6.54 Å². The zero-order valence-corrected chi connectivity index (χ0v) is 11.7. The molecule has 0 unspecified atom stereocenters. The maximum atomic E-state index is 12.1. The molecule has 0 amide bonds. The van der Waals surface area contributed by atoms with Gasteiger partial charge in [0, 0.05) is 24.5 Å². The van der Waals surface area contributed by atoms with Crippen molar-refractivity contribution >= 4 is 17.4 Å². The van der Waals surface area contributed by atoms with Gasteiger partial charge in [0.25, 0.3) is 0 Å². The van der Waals surface area contributed by atoms with Gasteiger partial charge in [0.1, 0.15) is 0 Å². The van der Waals surface area contributed by atoms with Crippen molar-refractivity contribution in [3.05, 3.63) is 29.8 Å². The van der Waals surface area contributed by atoms with Crippen LogP contribution < -0.4 is 5.73 Å². The first kappa shape index (κ1) is 16.2. The molecular formula is C13H19F3N2S. The third-order valence-corrected chi connectivity index (χ3v) is 3.31. The van der Waals surface area contributed by atoms with E-state index in [0.29, 0.717) is 18.8 Å². The molecule has 6 heteroatoms. The van der Waals surface area contributed by atoms with Crippen LogP contribution in [0.2, 0.25) is 0 Å². The molecule has 0 aromatic heterocycles. The number of halogens is 3. The van der Waals surface area contributed by atoms with E-state index in [9.17, 15) is 13.2 Å². The monoisotopic (exact) mass is 292 g/mol. The van der Waals surface area contributed by atoms with Crippen LogP contribution in [-0.4, -0.2) is 29.3 Å². The van der Waals surface area contributed by atoms with E-state index in [-0.39, 0.29) is 17.5 Å². The van der Waals surface area contributed by atoms with Crippen molar-refractivity contribution in [1.29, 1.82) is 0 Å². The standard InChI is InChI=1S/C13H19F3N2S/c1-2-7-18(8-9-19-13(14,15)16)10-11-3-5-12(17)6-4-11/h3-6H,2,7-10,17H2,1H3. The number of alkyl halides is 3. The summed E-state index contributed by atoms with van der Waals surface area (Å²) in [6, 6.07) is 7.44. The van der Waals surface area contributed by atoms with Crippen LogP contribution in [0.4, 0.5) is 18.9 Å². The van der Waals surface area contributed by atoms with Crippen molar-refractivity contribution in [2.24, 2.45) is 0 Å². The zero-order valence-electron chi connectivity index (χ0n) is 10.9. The van der Waals surface area contributed by atoms with Gasteiger partial charge in [0.05, 0.1) is 0 Å². The number of hydrogen-bond donors (Lipinski definition) is 1. The Bertz CT molecular complexity index is 365. The molecule has 0 bridgehead atoms. The van der Waals surface area contributed by atoms with Crippen molar-refractivity contribution in [3.63, 3.8) is 0 Å².